The minimum absolute atomic E-state index is 0.174. The van der Waals surface area contributed by atoms with Crippen molar-refractivity contribution in [1.29, 1.82) is 0 Å². The molecule has 1 N–H and O–H groups in total. The number of hydrogen-bond acceptors (Lipinski definition) is 3. The number of rotatable bonds is 3. The van der Waals surface area contributed by atoms with Crippen LogP contribution >= 0.6 is 0 Å². The Morgan fingerprint density at radius 2 is 1.48 bits per heavy atom. The van der Waals surface area contributed by atoms with Crippen LogP contribution in [0.1, 0.15) is 73.5 Å². The van der Waals surface area contributed by atoms with Gasteiger partial charge in [0.1, 0.15) is 11.6 Å². The van der Waals surface area contributed by atoms with Crippen LogP contribution in [-0.2, 0) is 0 Å². The maximum absolute atomic E-state index is 13.1. The molecule has 162 valence electrons. The number of halogens is 1. The van der Waals surface area contributed by atoms with Crippen molar-refractivity contribution >= 4 is 6.03 Å². The number of hydrogen-bond donors (Lipinski definition) is 1. The van der Waals surface area contributed by atoms with E-state index in [4.69, 9.17) is 4.98 Å². The fourth-order valence-corrected chi connectivity index (χ4v) is 6.65. The number of amides is 2. The zero-order valence-corrected chi connectivity index (χ0v) is 17.7. The van der Waals surface area contributed by atoms with Crippen molar-refractivity contribution in [1.82, 2.24) is 25.0 Å². The quantitative estimate of drug-likeness (QED) is 0.815. The highest BCUT2D eigenvalue weighted by atomic mass is 19.1. The van der Waals surface area contributed by atoms with Gasteiger partial charge in [-0.3, -0.25) is 5.10 Å². The van der Waals surface area contributed by atoms with Crippen molar-refractivity contribution in [3.63, 3.8) is 0 Å². The van der Waals surface area contributed by atoms with E-state index in [1.165, 1.54) is 18.4 Å². The lowest BCUT2D eigenvalue weighted by molar-refractivity contribution is -0.0899. The summed E-state index contributed by atoms with van der Waals surface area (Å²) in [5, 5.41) is 7.57. The fraction of sp³-hybridized carbons (Fsp3) is 0.625. The molecule has 3 saturated carbocycles. The molecule has 0 bridgehead atoms. The number of benzene rings is 1. The lowest BCUT2D eigenvalue weighted by Gasteiger charge is -2.63. The number of nitrogens with zero attached hydrogens (tertiary/aromatic N) is 4. The number of aromatic nitrogens is 3. The number of nitrogens with one attached hydrogen (secondary N) is 1. The number of carbonyl (C=O) groups is 1. The molecular formula is C24H28FN5O. The maximum atomic E-state index is 13.1. The number of aromatic amines is 1. The van der Waals surface area contributed by atoms with Crippen LogP contribution in [0.5, 0.6) is 0 Å². The molecule has 2 amide bonds. The van der Waals surface area contributed by atoms with Crippen molar-refractivity contribution in [3.05, 3.63) is 47.3 Å². The van der Waals surface area contributed by atoms with E-state index in [9.17, 15) is 9.18 Å². The van der Waals surface area contributed by atoms with E-state index in [0.717, 1.165) is 63.5 Å². The number of carbonyl (C=O) groups excluding carboxylic acids is 1. The first kappa shape index (κ1) is 18.2. The van der Waals surface area contributed by atoms with E-state index in [-0.39, 0.29) is 11.8 Å². The summed E-state index contributed by atoms with van der Waals surface area (Å²) in [6, 6.07) is 7.14. The Hall–Kier alpha value is -2.44. The summed E-state index contributed by atoms with van der Waals surface area (Å²) in [6.07, 6.45) is 6.95. The van der Waals surface area contributed by atoms with E-state index in [2.05, 4.69) is 10.2 Å². The van der Waals surface area contributed by atoms with Crippen LogP contribution in [0.2, 0.25) is 0 Å². The summed E-state index contributed by atoms with van der Waals surface area (Å²) in [6.45, 7) is 3.56. The third-order valence-electron chi connectivity index (χ3n) is 8.55. The molecule has 5 aliphatic rings. The van der Waals surface area contributed by atoms with Crippen LogP contribution in [0.4, 0.5) is 9.18 Å². The van der Waals surface area contributed by atoms with Gasteiger partial charge in [-0.2, -0.15) is 5.10 Å². The minimum Gasteiger partial charge on any atom is -0.323 e. The van der Waals surface area contributed by atoms with E-state index in [0.29, 0.717) is 28.6 Å². The van der Waals surface area contributed by atoms with Crippen LogP contribution in [0, 0.1) is 16.6 Å². The monoisotopic (exact) mass is 421 g/mol. The molecular weight excluding hydrogens is 393 g/mol. The Balaban J connectivity index is 0.877. The Kier molecular flexibility index (Phi) is 3.56. The lowest BCUT2D eigenvalue weighted by Crippen LogP contribution is -2.70. The molecule has 2 aliphatic heterocycles. The van der Waals surface area contributed by atoms with Gasteiger partial charge in [-0.25, -0.2) is 14.2 Å². The Morgan fingerprint density at radius 1 is 0.903 bits per heavy atom. The molecule has 6 nitrogen and oxygen atoms in total. The second-order valence-corrected chi connectivity index (χ2v) is 11.1. The molecule has 2 aromatic rings. The molecule has 1 aromatic heterocycles. The Morgan fingerprint density at radius 3 is 2.06 bits per heavy atom. The number of likely N-dealkylation sites (tertiary alicyclic amines) is 2. The predicted octanol–water partition coefficient (Wildman–Crippen LogP) is 4.00. The third kappa shape index (κ3) is 2.84. The van der Waals surface area contributed by atoms with Crippen LogP contribution in [-0.4, -0.2) is 57.2 Å². The second-order valence-electron chi connectivity index (χ2n) is 11.1. The van der Waals surface area contributed by atoms with E-state index >= 15 is 0 Å². The standard InChI is InChI=1S/C24H28FN5O/c25-19-5-3-15(4-6-19)17-7-23(8-17)11-29(12-23)22(31)30-13-24(14-30)9-18(10-24)21-26-20(27-28-21)16-1-2-16/h3-6,16-18H,1-2,7-14H2,(H,26,27,28). The predicted molar refractivity (Wildman–Crippen MR) is 112 cm³/mol. The highest BCUT2D eigenvalue weighted by Gasteiger charge is 2.59. The van der Waals surface area contributed by atoms with Crippen molar-refractivity contribution < 1.29 is 9.18 Å². The first-order valence-corrected chi connectivity index (χ1v) is 11.7. The lowest BCUT2D eigenvalue weighted by atomic mass is 9.56. The smallest absolute Gasteiger partial charge is 0.320 e. The summed E-state index contributed by atoms with van der Waals surface area (Å²) >= 11 is 0. The van der Waals surface area contributed by atoms with Gasteiger partial charge in [0, 0.05) is 48.8 Å². The van der Waals surface area contributed by atoms with Gasteiger partial charge in [0.05, 0.1) is 0 Å². The molecule has 7 heteroatoms. The fourth-order valence-electron chi connectivity index (χ4n) is 6.65. The SMILES string of the molecule is O=C(N1CC2(CC(c3ccc(F)cc3)C2)C1)N1CC2(CC(c3n[nH]c(C4CC4)n3)C2)C1. The third-order valence-corrected chi connectivity index (χ3v) is 8.55. The minimum atomic E-state index is -0.174. The van der Waals surface area contributed by atoms with Crippen molar-refractivity contribution in [2.45, 2.75) is 56.3 Å². The molecule has 0 unspecified atom stereocenters. The Labute approximate surface area is 181 Å². The molecule has 3 aliphatic carbocycles. The summed E-state index contributed by atoms with van der Waals surface area (Å²) in [5.74, 6) is 3.49. The zero-order valence-electron chi connectivity index (χ0n) is 17.7. The first-order valence-electron chi connectivity index (χ1n) is 11.7. The van der Waals surface area contributed by atoms with Gasteiger partial charge in [-0.1, -0.05) is 12.1 Å². The second kappa shape index (κ2) is 6.08. The maximum Gasteiger partial charge on any atom is 0.320 e. The summed E-state index contributed by atoms with van der Waals surface area (Å²) in [4.78, 5) is 21.6. The molecule has 3 heterocycles. The van der Waals surface area contributed by atoms with Gasteiger partial charge in [-0.15, -0.1) is 0 Å². The summed E-state index contributed by atoms with van der Waals surface area (Å²) < 4.78 is 13.1. The van der Waals surface area contributed by atoms with Crippen molar-refractivity contribution in [2.24, 2.45) is 10.8 Å². The average molecular weight is 422 g/mol. The normalized spacial score (nSPS) is 26.4. The molecule has 0 radical (unpaired) electrons. The van der Waals surface area contributed by atoms with Crippen LogP contribution in [0.15, 0.2) is 24.3 Å². The van der Waals surface area contributed by atoms with Crippen molar-refractivity contribution in [3.8, 4) is 0 Å². The van der Waals surface area contributed by atoms with E-state index in [1.54, 1.807) is 12.1 Å². The average Bonchev–Trinajstić information content (AvgIpc) is 3.37. The van der Waals surface area contributed by atoms with Crippen molar-refractivity contribution in [2.75, 3.05) is 26.2 Å². The molecule has 5 fully saturated rings. The van der Waals surface area contributed by atoms with Gasteiger partial charge in [0.2, 0.25) is 0 Å². The topological polar surface area (TPSA) is 65.1 Å². The van der Waals surface area contributed by atoms with Gasteiger partial charge in [-0.05, 0) is 62.1 Å². The van der Waals surface area contributed by atoms with Gasteiger partial charge in [0.15, 0.2) is 5.82 Å². The summed E-state index contributed by atoms with van der Waals surface area (Å²) in [5.41, 5.74) is 1.86. The van der Waals surface area contributed by atoms with Gasteiger partial charge < -0.3 is 9.80 Å². The van der Waals surface area contributed by atoms with Crippen LogP contribution in [0.25, 0.3) is 0 Å². The largest absolute Gasteiger partial charge is 0.323 e. The highest BCUT2D eigenvalue weighted by Crippen LogP contribution is 2.58. The number of urea groups is 1. The van der Waals surface area contributed by atoms with E-state index < -0.39 is 0 Å². The highest BCUT2D eigenvalue weighted by molar-refractivity contribution is 5.77. The zero-order chi connectivity index (χ0) is 20.8. The molecule has 2 saturated heterocycles. The van der Waals surface area contributed by atoms with E-state index in [1.807, 2.05) is 21.9 Å². The van der Waals surface area contributed by atoms with Gasteiger partial charge in [0.25, 0.3) is 0 Å². The van der Waals surface area contributed by atoms with Crippen LogP contribution < -0.4 is 0 Å². The molecule has 7 rings (SSSR count). The molecule has 2 spiro atoms. The van der Waals surface area contributed by atoms with Gasteiger partial charge >= 0.3 is 6.03 Å². The first-order chi connectivity index (χ1) is 15.0. The molecule has 0 atom stereocenters. The Bertz CT molecular complexity index is 1020. The number of H-pyrrole nitrogens is 1. The van der Waals surface area contributed by atoms with Crippen LogP contribution in [0.3, 0.4) is 0 Å². The molecule has 1 aromatic carbocycles. The molecule has 31 heavy (non-hydrogen) atoms. The summed E-state index contributed by atoms with van der Waals surface area (Å²) in [7, 11) is 0.